The fourth-order valence-electron chi connectivity index (χ4n) is 3.54. The standard InChI is InChI=1S/C28H24N2O6/c1-34-23-12-8-19(9-13-23)28-21(17-30(29-28)22-6-4-3-5-7-22)10-14-24(31)20-11-15-25(26(16-20)35-2)36-18-27(32)33/h3-17H,18H2,1-2H3,(H,32,33). The number of para-hydroxylation sites is 1. The molecule has 8 heteroatoms. The van der Waals surface area contributed by atoms with Crippen molar-refractivity contribution in [3.05, 3.63) is 96.2 Å². The Morgan fingerprint density at radius 3 is 2.36 bits per heavy atom. The number of aromatic nitrogens is 2. The molecule has 0 radical (unpaired) electrons. The molecular formula is C28H24N2O6. The van der Waals surface area contributed by atoms with Gasteiger partial charge in [0.05, 0.1) is 25.6 Å². The third-order valence-electron chi connectivity index (χ3n) is 5.34. The molecule has 8 nitrogen and oxygen atoms in total. The molecule has 3 aromatic carbocycles. The van der Waals surface area contributed by atoms with Crippen LogP contribution >= 0.6 is 0 Å². The Morgan fingerprint density at radius 1 is 0.944 bits per heavy atom. The van der Waals surface area contributed by atoms with E-state index in [0.29, 0.717) is 11.3 Å². The molecule has 0 aliphatic carbocycles. The van der Waals surface area contributed by atoms with Crippen molar-refractivity contribution in [3.63, 3.8) is 0 Å². The molecule has 36 heavy (non-hydrogen) atoms. The summed E-state index contributed by atoms with van der Waals surface area (Å²) in [6.07, 6.45) is 5.05. The maximum absolute atomic E-state index is 13.0. The molecule has 0 bridgehead atoms. The Kier molecular flexibility index (Phi) is 7.45. The molecule has 0 fully saturated rings. The maximum atomic E-state index is 13.0. The predicted octanol–water partition coefficient (Wildman–Crippen LogP) is 4.92. The van der Waals surface area contributed by atoms with Gasteiger partial charge in [0.1, 0.15) is 5.75 Å². The number of ether oxygens (including phenoxy) is 3. The highest BCUT2D eigenvalue weighted by molar-refractivity contribution is 6.07. The van der Waals surface area contributed by atoms with E-state index in [2.05, 4.69) is 0 Å². The minimum absolute atomic E-state index is 0.242. The molecule has 1 N–H and O–H groups in total. The summed E-state index contributed by atoms with van der Waals surface area (Å²) in [5.74, 6) is -0.119. The van der Waals surface area contributed by atoms with Crippen LogP contribution in [0, 0.1) is 0 Å². The summed E-state index contributed by atoms with van der Waals surface area (Å²) in [5.41, 5.74) is 3.60. The molecule has 1 aromatic heterocycles. The minimum atomic E-state index is -1.11. The second-order valence-electron chi connectivity index (χ2n) is 7.69. The van der Waals surface area contributed by atoms with Crippen molar-refractivity contribution in [2.24, 2.45) is 0 Å². The number of allylic oxidation sites excluding steroid dienone is 1. The lowest BCUT2D eigenvalue weighted by Gasteiger charge is -2.09. The Morgan fingerprint density at radius 2 is 1.69 bits per heavy atom. The molecule has 0 saturated heterocycles. The number of hydrogen-bond acceptors (Lipinski definition) is 6. The lowest BCUT2D eigenvalue weighted by Crippen LogP contribution is -2.10. The van der Waals surface area contributed by atoms with Crippen LogP contribution in [0.5, 0.6) is 17.2 Å². The summed E-state index contributed by atoms with van der Waals surface area (Å²) < 4.78 is 17.5. The van der Waals surface area contributed by atoms with Crippen molar-refractivity contribution in [3.8, 4) is 34.2 Å². The van der Waals surface area contributed by atoms with E-state index in [0.717, 1.165) is 22.6 Å². The van der Waals surface area contributed by atoms with Gasteiger partial charge in [-0.3, -0.25) is 4.79 Å². The first-order chi connectivity index (χ1) is 17.5. The van der Waals surface area contributed by atoms with Crippen LogP contribution < -0.4 is 14.2 Å². The minimum Gasteiger partial charge on any atom is -0.497 e. The predicted molar refractivity (Wildman–Crippen MR) is 135 cm³/mol. The Labute approximate surface area is 208 Å². The number of carboxylic acid groups (broad SMARTS) is 1. The third-order valence-corrected chi connectivity index (χ3v) is 5.34. The molecule has 4 aromatic rings. The van der Waals surface area contributed by atoms with Crippen LogP contribution in [0.2, 0.25) is 0 Å². The fourth-order valence-corrected chi connectivity index (χ4v) is 3.54. The first-order valence-corrected chi connectivity index (χ1v) is 11.0. The van der Waals surface area contributed by atoms with E-state index >= 15 is 0 Å². The molecule has 0 spiro atoms. The van der Waals surface area contributed by atoms with Crippen molar-refractivity contribution in [1.29, 1.82) is 0 Å². The van der Waals surface area contributed by atoms with Crippen LogP contribution in [-0.4, -0.2) is 47.5 Å². The molecule has 182 valence electrons. The normalized spacial score (nSPS) is 10.8. The van der Waals surface area contributed by atoms with E-state index in [-0.39, 0.29) is 17.3 Å². The molecule has 0 aliphatic rings. The van der Waals surface area contributed by atoms with E-state index in [1.165, 1.54) is 25.3 Å². The van der Waals surface area contributed by atoms with Gasteiger partial charge in [-0.2, -0.15) is 5.10 Å². The largest absolute Gasteiger partial charge is 0.497 e. The van der Waals surface area contributed by atoms with Gasteiger partial charge in [0.15, 0.2) is 23.9 Å². The van der Waals surface area contributed by atoms with Crippen molar-refractivity contribution in [2.45, 2.75) is 0 Å². The van der Waals surface area contributed by atoms with Gasteiger partial charge in [0.2, 0.25) is 0 Å². The van der Waals surface area contributed by atoms with Crippen molar-refractivity contribution < 1.29 is 28.9 Å². The van der Waals surface area contributed by atoms with Crippen LogP contribution in [-0.2, 0) is 4.79 Å². The van der Waals surface area contributed by atoms with Crippen LogP contribution in [0.15, 0.2) is 85.1 Å². The number of carboxylic acids is 1. The molecule has 0 saturated carbocycles. The average Bonchev–Trinajstić information content (AvgIpc) is 3.35. The number of carbonyl (C=O) groups excluding carboxylic acids is 1. The molecular weight excluding hydrogens is 460 g/mol. The Balaban J connectivity index is 1.65. The summed E-state index contributed by atoms with van der Waals surface area (Å²) in [7, 11) is 3.03. The highest BCUT2D eigenvalue weighted by Crippen LogP contribution is 2.29. The van der Waals surface area contributed by atoms with Gasteiger partial charge < -0.3 is 19.3 Å². The Hall–Kier alpha value is -4.85. The summed E-state index contributed by atoms with van der Waals surface area (Å²) in [6.45, 7) is -0.511. The molecule has 0 atom stereocenters. The summed E-state index contributed by atoms with van der Waals surface area (Å²) in [6, 6.07) is 21.8. The maximum Gasteiger partial charge on any atom is 0.341 e. The first-order valence-electron chi connectivity index (χ1n) is 11.0. The average molecular weight is 485 g/mol. The number of aliphatic carboxylic acids is 1. The molecule has 4 rings (SSSR count). The molecule has 1 heterocycles. The van der Waals surface area contributed by atoms with Crippen LogP contribution in [0.1, 0.15) is 15.9 Å². The highest BCUT2D eigenvalue weighted by Gasteiger charge is 2.13. The topological polar surface area (TPSA) is 99.9 Å². The van der Waals surface area contributed by atoms with Gasteiger partial charge >= 0.3 is 5.97 Å². The van der Waals surface area contributed by atoms with E-state index in [1.54, 1.807) is 23.9 Å². The summed E-state index contributed by atoms with van der Waals surface area (Å²) in [4.78, 5) is 23.7. The first kappa shape index (κ1) is 24.3. The van der Waals surface area contributed by atoms with Gasteiger partial charge in [-0.25, -0.2) is 9.48 Å². The molecule has 0 unspecified atom stereocenters. The van der Waals surface area contributed by atoms with E-state index in [9.17, 15) is 9.59 Å². The van der Waals surface area contributed by atoms with E-state index in [4.69, 9.17) is 24.4 Å². The molecule has 0 aliphatic heterocycles. The fraction of sp³-hybridized carbons (Fsp3) is 0.107. The van der Waals surface area contributed by atoms with Gasteiger partial charge in [-0.05, 0) is 66.7 Å². The van der Waals surface area contributed by atoms with E-state index < -0.39 is 12.6 Å². The number of rotatable bonds is 10. The summed E-state index contributed by atoms with van der Waals surface area (Å²) in [5, 5.41) is 13.6. The van der Waals surface area contributed by atoms with Crippen molar-refractivity contribution in [2.75, 3.05) is 20.8 Å². The van der Waals surface area contributed by atoms with Crippen molar-refractivity contribution >= 4 is 17.8 Å². The zero-order valence-electron chi connectivity index (χ0n) is 19.8. The number of ketones is 1. The van der Waals surface area contributed by atoms with Crippen LogP contribution in [0.4, 0.5) is 0 Å². The SMILES string of the molecule is COc1ccc(-c2nn(-c3ccccc3)cc2C=CC(=O)c2ccc(OCC(=O)O)c(OC)c2)cc1. The number of carbonyl (C=O) groups is 2. The second kappa shape index (κ2) is 11.1. The summed E-state index contributed by atoms with van der Waals surface area (Å²) >= 11 is 0. The quantitative estimate of drug-likeness (QED) is 0.252. The lowest BCUT2D eigenvalue weighted by atomic mass is 10.1. The number of hydrogen-bond donors (Lipinski definition) is 1. The third kappa shape index (κ3) is 5.61. The molecule has 0 amide bonds. The zero-order valence-corrected chi connectivity index (χ0v) is 19.8. The lowest BCUT2D eigenvalue weighted by molar-refractivity contribution is -0.139. The van der Waals surface area contributed by atoms with E-state index in [1.807, 2.05) is 60.8 Å². The van der Waals surface area contributed by atoms with Gasteiger partial charge in [0, 0.05) is 22.9 Å². The van der Waals surface area contributed by atoms with Gasteiger partial charge in [-0.15, -0.1) is 0 Å². The Bertz CT molecular complexity index is 1390. The van der Waals surface area contributed by atoms with Crippen LogP contribution in [0.3, 0.4) is 0 Å². The second-order valence-corrected chi connectivity index (χ2v) is 7.69. The highest BCUT2D eigenvalue weighted by atomic mass is 16.5. The van der Waals surface area contributed by atoms with Gasteiger partial charge in [0.25, 0.3) is 0 Å². The monoisotopic (exact) mass is 484 g/mol. The number of nitrogens with zero attached hydrogens (tertiary/aromatic N) is 2. The zero-order chi connectivity index (χ0) is 25.5. The number of methoxy groups -OCH3 is 2. The number of benzene rings is 3. The van der Waals surface area contributed by atoms with Gasteiger partial charge in [-0.1, -0.05) is 18.2 Å². The van der Waals surface area contributed by atoms with Crippen molar-refractivity contribution in [1.82, 2.24) is 9.78 Å². The van der Waals surface area contributed by atoms with Crippen LogP contribution in [0.25, 0.3) is 23.0 Å². The smallest absolute Gasteiger partial charge is 0.341 e.